The summed E-state index contributed by atoms with van der Waals surface area (Å²) < 4.78 is 0. The lowest BCUT2D eigenvalue weighted by Crippen LogP contribution is -2.44. The minimum absolute atomic E-state index is 0.573. The molecule has 2 N–H and O–H groups in total. The molecule has 0 spiro atoms. The summed E-state index contributed by atoms with van der Waals surface area (Å²) in [6, 6.07) is 1.96. The number of piperazine rings is 1. The smallest absolute Gasteiger partial charge is 0.163 e. The summed E-state index contributed by atoms with van der Waals surface area (Å²) in [5.74, 6) is 2.31. The van der Waals surface area contributed by atoms with Crippen molar-refractivity contribution in [3.8, 4) is 11.4 Å². The molecule has 1 aliphatic carbocycles. The van der Waals surface area contributed by atoms with Gasteiger partial charge in [0.1, 0.15) is 5.82 Å². The molecule has 146 valence electrons. The molecule has 0 unspecified atom stereocenters. The van der Waals surface area contributed by atoms with Gasteiger partial charge in [-0.05, 0) is 30.4 Å². The van der Waals surface area contributed by atoms with Crippen molar-refractivity contribution in [3.05, 3.63) is 36.4 Å². The van der Waals surface area contributed by atoms with Crippen LogP contribution in [0.1, 0.15) is 30.7 Å². The maximum atomic E-state index is 5.12. The second kappa shape index (κ2) is 6.73. The number of aromatic amines is 1. The van der Waals surface area contributed by atoms with E-state index in [2.05, 4.69) is 30.4 Å². The van der Waals surface area contributed by atoms with Gasteiger partial charge in [0.2, 0.25) is 0 Å². The maximum Gasteiger partial charge on any atom is 0.163 e. The fourth-order valence-corrected chi connectivity index (χ4v) is 4.39. The number of pyridine rings is 2. The van der Waals surface area contributed by atoms with Crippen molar-refractivity contribution in [1.29, 1.82) is 0 Å². The van der Waals surface area contributed by atoms with Crippen molar-refractivity contribution in [2.75, 3.05) is 31.1 Å². The summed E-state index contributed by atoms with van der Waals surface area (Å²) in [5, 5.41) is 12.6. The average Bonchev–Trinajstić information content (AvgIpc) is 3.21. The summed E-state index contributed by atoms with van der Waals surface area (Å²) in [6.07, 6.45) is 11.2. The van der Waals surface area contributed by atoms with E-state index in [1.54, 1.807) is 12.4 Å². The van der Waals surface area contributed by atoms with E-state index in [1.165, 1.54) is 30.2 Å². The molecule has 1 saturated heterocycles. The Hall–Kier alpha value is -3.13. The first-order valence-electron chi connectivity index (χ1n) is 10.3. The Kier molecular flexibility index (Phi) is 3.90. The normalized spacial score (nSPS) is 17.7. The molecular formula is C21H22N8. The van der Waals surface area contributed by atoms with Crippen LogP contribution in [0, 0.1) is 0 Å². The number of fused-ring (bicyclic) bond motifs is 2. The second-order valence-electron chi connectivity index (χ2n) is 7.85. The van der Waals surface area contributed by atoms with E-state index in [4.69, 9.17) is 9.97 Å². The first-order valence-corrected chi connectivity index (χ1v) is 10.3. The second-order valence-corrected chi connectivity index (χ2v) is 7.85. The van der Waals surface area contributed by atoms with E-state index in [9.17, 15) is 0 Å². The molecule has 4 aromatic rings. The third kappa shape index (κ3) is 2.74. The van der Waals surface area contributed by atoms with Crippen molar-refractivity contribution in [1.82, 2.24) is 35.5 Å². The van der Waals surface area contributed by atoms with Gasteiger partial charge in [-0.15, -0.1) is 0 Å². The van der Waals surface area contributed by atoms with Crippen LogP contribution < -0.4 is 10.2 Å². The lowest BCUT2D eigenvalue weighted by molar-refractivity contribution is 0.421. The minimum atomic E-state index is 0.573. The zero-order chi connectivity index (χ0) is 19.2. The van der Waals surface area contributed by atoms with Gasteiger partial charge in [0.25, 0.3) is 0 Å². The van der Waals surface area contributed by atoms with E-state index in [-0.39, 0.29) is 0 Å². The van der Waals surface area contributed by atoms with Crippen LogP contribution in [0.15, 0.2) is 30.9 Å². The van der Waals surface area contributed by atoms with Gasteiger partial charge >= 0.3 is 0 Å². The zero-order valence-corrected chi connectivity index (χ0v) is 16.1. The largest absolute Gasteiger partial charge is 0.353 e. The van der Waals surface area contributed by atoms with Gasteiger partial charge in [0.15, 0.2) is 11.5 Å². The van der Waals surface area contributed by atoms with Gasteiger partial charge in [-0.3, -0.25) is 10.1 Å². The quantitative estimate of drug-likeness (QED) is 0.559. The SMILES string of the molecule is c1cc(-c2nc(N3CCNCC3)c3c(C4CCC4)cncc3n2)c2cn[nH]c2n1. The molecule has 0 amide bonds. The van der Waals surface area contributed by atoms with Crippen LogP contribution in [0.4, 0.5) is 5.82 Å². The molecule has 8 nitrogen and oxygen atoms in total. The highest BCUT2D eigenvalue weighted by molar-refractivity contribution is 5.96. The first kappa shape index (κ1) is 16.8. The van der Waals surface area contributed by atoms with Crippen molar-refractivity contribution in [2.45, 2.75) is 25.2 Å². The fraction of sp³-hybridized carbons (Fsp3) is 0.381. The molecule has 8 heteroatoms. The molecule has 29 heavy (non-hydrogen) atoms. The summed E-state index contributed by atoms with van der Waals surface area (Å²) in [6.45, 7) is 3.81. The minimum Gasteiger partial charge on any atom is -0.353 e. The fourth-order valence-electron chi connectivity index (χ4n) is 4.39. The maximum absolute atomic E-state index is 5.12. The predicted octanol–water partition coefficient (Wildman–Crippen LogP) is 2.64. The topological polar surface area (TPSA) is 95.5 Å². The molecule has 0 atom stereocenters. The Bertz CT molecular complexity index is 1190. The highest BCUT2D eigenvalue weighted by Gasteiger charge is 2.27. The Morgan fingerprint density at radius 3 is 2.76 bits per heavy atom. The van der Waals surface area contributed by atoms with Crippen LogP contribution in [0.25, 0.3) is 33.3 Å². The monoisotopic (exact) mass is 386 g/mol. The molecule has 0 aromatic carbocycles. The van der Waals surface area contributed by atoms with Crippen LogP contribution in [0.5, 0.6) is 0 Å². The Morgan fingerprint density at radius 2 is 1.93 bits per heavy atom. The van der Waals surface area contributed by atoms with Gasteiger partial charge in [-0.1, -0.05) is 6.42 Å². The Labute approximate surface area is 167 Å². The number of hydrogen-bond donors (Lipinski definition) is 2. The van der Waals surface area contributed by atoms with Gasteiger partial charge in [-0.2, -0.15) is 5.10 Å². The van der Waals surface area contributed by atoms with E-state index >= 15 is 0 Å². The van der Waals surface area contributed by atoms with E-state index in [0.717, 1.165) is 54.1 Å². The van der Waals surface area contributed by atoms with Gasteiger partial charge < -0.3 is 10.2 Å². The van der Waals surface area contributed by atoms with Crippen LogP contribution in [-0.2, 0) is 0 Å². The van der Waals surface area contributed by atoms with Gasteiger partial charge in [0.05, 0.1) is 17.9 Å². The molecule has 0 bridgehead atoms. The Morgan fingerprint density at radius 1 is 1.03 bits per heavy atom. The predicted molar refractivity (Wildman–Crippen MR) is 112 cm³/mol. The number of anilines is 1. The third-order valence-corrected chi connectivity index (χ3v) is 6.17. The number of hydrogen-bond acceptors (Lipinski definition) is 7. The number of nitrogens with zero attached hydrogens (tertiary/aromatic N) is 6. The highest BCUT2D eigenvalue weighted by Crippen LogP contribution is 2.42. The molecule has 5 heterocycles. The molecule has 1 saturated carbocycles. The lowest BCUT2D eigenvalue weighted by atomic mass is 9.79. The van der Waals surface area contributed by atoms with E-state index < -0.39 is 0 Å². The van der Waals surface area contributed by atoms with Crippen LogP contribution in [-0.4, -0.2) is 56.3 Å². The third-order valence-electron chi connectivity index (χ3n) is 6.17. The molecule has 4 aromatic heterocycles. The molecule has 0 radical (unpaired) electrons. The van der Waals surface area contributed by atoms with Crippen LogP contribution in [0.2, 0.25) is 0 Å². The number of aromatic nitrogens is 6. The van der Waals surface area contributed by atoms with Crippen molar-refractivity contribution < 1.29 is 0 Å². The van der Waals surface area contributed by atoms with Crippen molar-refractivity contribution >= 4 is 27.8 Å². The molecule has 2 aliphatic rings. The molecule has 2 fully saturated rings. The zero-order valence-electron chi connectivity index (χ0n) is 16.1. The summed E-state index contributed by atoms with van der Waals surface area (Å²) in [7, 11) is 0. The van der Waals surface area contributed by atoms with E-state index in [0.29, 0.717) is 11.7 Å². The van der Waals surface area contributed by atoms with Gasteiger partial charge in [-0.25, -0.2) is 15.0 Å². The lowest BCUT2D eigenvalue weighted by Gasteiger charge is -2.32. The van der Waals surface area contributed by atoms with Crippen molar-refractivity contribution in [2.24, 2.45) is 0 Å². The standard InChI is InChI=1S/C21H22N8/c1-2-13(3-1)15-10-23-12-17-18(15)21(29-8-6-22-7-9-29)27-20(26-17)14-4-5-24-19-16(14)11-25-28-19/h4-5,10-13,22H,1-3,6-9H2,(H,24,25,28). The number of nitrogens with one attached hydrogen (secondary N) is 2. The van der Waals surface area contributed by atoms with Crippen LogP contribution in [0.3, 0.4) is 0 Å². The molecule has 6 rings (SSSR count). The number of H-pyrrole nitrogens is 1. The number of rotatable bonds is 3. The average molecular weight is 386 g/mol. The van der Waals surface area contributed by atoms with E-state index in [1.807, 2.05) is 18.5 Å². The Balaban J connectivity index is 1.61. The summed E-state index contributed by atoms with van der Waals surface area (Å²) in [4.78, 5) is 21.3. The summed E-state index contributed by atoms with van der Waals surface area (Å²) >= 11 is 0. The first-order chi connectivity index (χ1) is 14.4. The highest BCUT2D eigenvalue weighted by atomic mass is 15.2. The van der Waals surface area contributed by atoms with Crippen LogP contribution >= 0.6 is 0 Å². The molecule has 1 aliphatic heterocycles. The summed E-state index contributed by atoms with van der Waals surface area (Å²) in [5.41, 5.74) is 3.91. The van der Waals surface area contributed by atoms with Gasteiger partial charge in [0, 0.05) is 54.9 Å². The van der Waals surface area contributed by atoms with Crippen molar-refractivity contribution in [3.63, 3.8) is 0 Å². The molecular weight excluding hydrogens is 364 g/mol.